The molecule has 1 amide bonds. The highest BCUT2D eigenvalue weighted by atomic mass is 35.5. The van der Waals surface area contributed by atoms with E-state index >= 15 is 0 Å². The number of carbonyl (C=O) groups is 1. The van der Waals surface area contributed by atoms with E-state index in [1.807, 2.05) is 39.0 Å². The number of rotatable bonds is 11. The molecule has 1 fully saturated rings. The molecule has 0 bridgehead atoms. The number of anilines is 3. The number of pyridine rings is 1. The van der Waals surface area contributed by atoms with Gasteiger partial charge in [-0.3, -0.25) is 0 Å². The number of amides is 1. The Balaban J connectivity index is 1.35. The second-order valence-corrected chi connectivity index (χ2v) is 12.5. The number of nitrogens with zero attached hydrogens (tertiary/aromatic N) is 6. The van der Waals surface area contributed by atoms with E-state index < -0.39 is 12.1 Å². The molecule has 0 radical (unpaired) electrons. The number of halogens is 2. The summed E-state index contributed by atoms with van der Waals surface area (Å²) in [6, 6.07) is 13.4. The number of aryl methyl sites for hydroxylation is 3. The lowest BCUT2D eigenvalue weighted by atomic mass is 9.89. The Labute approximate surface area is 280 Å². The van der Waals surface area contributed by atoms with Crippen molar-refractivity contribution in [3.63, 3.8) is 0 Å². The average molecular weight is 665 g/mol. The number of nitrogens with one attached hydrogen (secondary N) is 1. The maximum atomic E-state index is 13.0. The highest BCUT2D eigenvalue weighted by molar-refractivity contribution is 6.33. The predicted octanol–water partition coefficient (Wildman–Crippen LogP) is 7.14. The summed E-state index contributed by atoms with van der Waals surface area (Å²) < 4.78 is 5.86. The van der Waals surface area contributed by atoms with E-state index in [1.54, 1.807) is 36.5 Å². The Kier molecular flexibility index (Phi) is 11.0. The van der Waals surface area contributed by atoms with Crippen molar-refractivity contribution in [3.05, 3.63) is 98.8 Å². The first kappa shape index (κ1) is 33.4. The zero-order valence-electron chi connectivity index (χ0n) is 26.5. The molecular weight excluding hydrogens is 625 g/mol. The van der Waals surface area contributed by atoms with Crippen LogP contribution in [-0.4, -0.2) is 82.3 Å². The maximum Gasteiger partial charge on any atom is 0.413 e. The summed E-state index contributed by atoms with van der Waals surface area (Å²) in [5.74, 6) is 0.902. The van der Waals surface area contributed by atoms with Crippen molar-refractivity contribution in [2.75, 3.05) is 56.6 Å². The molecule has 242 valence electrons. The lowest BCUT2D eigenvalue weighted by Gasteiger charge is -2.32. The van der Waals surface area contributed by atoms with E-state index in [0.717, 1.165) is 61.4 Å². The fraction of sp³-hybridized carbons (Fsp3) is 0.353. The maximum absolute atomic E-state index is 13.0. The minimum absolute atomic E-state index is 0.165. The molecule has 2 N–H and O–H groups in total. The molecule has 0 spiro atoms. The van der Waals surface area contributed by atoms with Crippen LogP contribution in [0.25, 0.3) is 0 Å². The van der Waals surface area contributed by atoms with Crippen LogP contribution in [0.3, 0.4) is 0 Å². The Morgan fingerprint density at radius 2 is 1.76 bits per heavy atom. The van der Waals surface area contributed by atoms with Gasteiger partial charge in [0.2, 0.25) is 11.8 Å². The van der Waals surface area contributed by atoms with Gasteiger partial charge in [0.05, 0.1) is 24.5 Å². The molecule has 3 heterocycles. The highest BCUT2D eigenvalue weighted by Gasteiger charge is 2.33. The van der Waals surface area contributed by atoms with Crippen LogP contribution in [-0.2, 0) is 0 Å². The summed E-state index contributed by atoms with van der Waals surface area (Å²) in [4.78, 5) is 32.4. The van der Waals surface area contributed by atoms with E-state index in [-0.39, 0.29) is 11.8 Å². The third kappa shape index (κ3) is 8.24. The zero-order valence-corrected chi connectivity index (χ0v) is 28.0. The van der Waals surface area contributed by atoms with Crippen LogP contribution >= 0.6 is 23.2 Å². The Morgan fingerprint density at radius 3 is 2.43 bits per heavy atom. The van der Waals surface area contributed by atoms with Gasteiger partial charge in [-0.1, -0.05) is 40.9 Å². The van der Waals surface area contributed by atoms with E-state index in [4.69, 9.17) is 27.9 Å². The van der Waals surface area contributed by atoms with Gasteiger partial charge in [0.1, 0.15) is 5.82 Å². The van der Waals surface area contributed by atoms with E-state index in [9.17, 15) is 9.90 Å². The first-order valence-electron chi connectivity index (χ1n) is 15.2. The summed E-state index contributed by atoms with van der Waals surface area (Å²) in [5, 5.41) is 14.6. The molecule has 10 nitrogen and oxygen atoms in total. The summed E-state index contributed by atoms with van der Waals surface area (Å²) in [5.41, 5.74) is 4.88. The van der Waals surface area contributed by atoms with Crippen molar-refractivity contribution in [1.82, 2.24) is 24.8 Å². The average Bonchev–Trinajstić information content (AvgIpc) is 3.01. The molecule has 1 atom stereocenters. The number of ether oxygens (including phenoxy) is 1. The molecule has 4 aromatic rings. The monoisotopic (exact) mass is 663 g/mol. The van der Waals surface area contributed by atoms with Crippen LogP contribution in [0.1, 0.15) is 40.3 Å². The van der Waals surface area contributed by atoms with Gasteiger partial charge in [0, 0.05) is 55.0 Å². The van der Waals surface area contributed by atoms with Crippen molar-refractivity contribution in [2.45, 2.75) is 33.2 Å². The Morgan fingerprint density at radius 1 is 1.02 bits per heavy atom. The van der Waals surface area contributed by atoms with Crippen LogP contribution in [0.5, 0.6) is 5.88 Å². The largest absolute Gasteiger partial charge is 0.478 e. The molecule has 0 aliphatic carbocycles. The normalized spacial score (nSPS) is 14.6. The number of hydrogen-bond donors (Lipinski definition) is 2. The fourth-order valence-electron chi connectivity index (χ4n) is 5.86. The lowest BCUT2D eigenvalue weighted by Crippen LogP contribution is -2.44. The van der Waals surface area contributed by atoms with Crippen molar-refractivity contribution >= 4 is 46.7 Å². The standard InChI is InChI=1S/C34H39Cl2N7O3/c1-22-18-23(2)31(24(3)19-22)32(27-20-25(35)6-8-28(27)36)43(34(44)45)29-10-11-37-33(40-29)39-26-7-9-30(38-21-26)46-17-5-12-42-15-13-41(4)14-16-42/h6-11,18-21,32H,5,12-17H2,1-4H3,(H,44,45)(H,37,39,40). The predicted molar refractivity (Wildman–Crippen MR) is 183 cm³/mol. The molecule has 5 rings (SSSR count). The van der Waals surface area contributed by atoms with Crippen molar-refractivity contribution in [3.8, 4) is 5.88 Å². The van der Waals surface area contributed by atoms with Crippen LogP contribution in [0, 0.1) is 20.8 Å². The fourth-order valence-corrected chi connectivity index (χ4v) is 6.26. The molecule has 2 aromatic carbocycles. The van der Waals surface area contributed by atoms with E-state index in [1.165, 1.54) is 11.1 Å². The number of piperazine rings is 1. The van der Waals surface area contributed by atoms with Gasteiger partial charge in [-0.05, 0) is 86.8 Å². The first-order valence-corrected chi connectivity index (χ1v) is 16.0. The molecular formula is C34H39Cl2N7O3. The van der Waals surface area contributed by atoms with Crippen LogP contribution in [0.15, 0.2) is 60.9 Å². The quantitative estimate of drug-likeness (QED) is 0.162. The lowest BCUT2D eigenvalue weighted by molar-refractivity contribution is 0.145. The topological polar surface area (TPSA) is 107 Å². The first-order chi connectivity index (χ1) is 22.1. The van der Waals surface area contributed by atoms with Crippen LogP contribution in [0.4, 0.5) is 22.2 Å². The van der Waals surface area contributed by atoms with Gasteiger partial charge in [-0.25, -0.2) is 19.7 Å². The minimum atomic E-state index is -1.21. The molecule has 1 aliphatic heterocycles. The summed E-state index contributed by atoms with van der Waals surface area (Å²) >= 11 is 13.1. The van der Waals surface area contributed by atoms with Crippen LogP contribution < -0.4 is 15.0 Å². The van der Waals surface area contributed by atoms with Gasteiger partial charge in [-0.2, -0.15) is 4.98 Å². The second kappa shape index (κ2) is 15.1. The number of benzene rings is 2. The third-order valence-electron chi connectivity index (χ3n) is 8.07. The molecule has 1 unspecified atom stereocenters. The Hall–Kier alpha value is -3.96. The van der Waals surface area contributed by atoms with Crippen LogP contribution in [0.2, 0.25) is 10.0 Å². The number of carboxylic acid groups (broad SMARTS) is 1. The summed E-state index contributed by atoms with van der Waals surface area (Å²) in [6.45, 7) is 11.9. The van der Waals surface area contributed by atoms with Gasteiger partial charge >= 0.3 is 6.09 Å². The minimum Gasteiger partial charge on any atom is -0.478 e. The van der Waals surface area contributed by atoms with Crippen molar-refractivity contribution in [2.24, 2.45) is 0 Å². The van der Waals surface area contributed by atoms with Gasteiger partial charge in [-0.15, -0.1) is 0 Å². The van der Waals surface area contributed by atoms with E-state index in [2.05, 4.69) is 37.1 Å². The number of aromatic nitrogens is 3. The molecule has 0 saturated carbocycles. The van der Waals surface area contributed by atoms with Gasteiger partial charge < -0.3 is 25.0 Å². The highest BCUT2D eigenvalue weighted by Crippen LogP contribution is 2.40. The smallest absolute Gasteiger partial charge is 0.413 e. The zero-order chi connectivity index (χ0) is 32.8. The molecule has 2 aromatic heterocycles. The third-order valence-corrected chi connectivity index (χ3v) is 8.65. The molecule has 46 heavy (non-hydrogen) atoms. The SMILES string of the molecule is Cc1cc(C)c(C(c2cc(Cl)ccc2Cl)N(C(=O)O)c2ccnc(Nc3ccc(OCCCN4CCN(C)CC4)nc3)n2)c(C)c1. The molecule has 1 aliphatic rings. The van der Waals surface area contributed by atoms with Gasteiger partial charge in [0.15, 0.2) is 0 Å². The summed E-state index contributed by atoms with van der Waals surface area (Å²) in [7, 11) is 2.15. The second-order valence-electron chi connectivity index (χ2n) is 11.6. The summed E-state index contributed by atoms with van der Waals surface area (Å²) in [6.07, 6.45) is 2.86. The van der Waals surface area contributed by atoms with Crippen molar-refractivity contribution in [1.29, 1.82) is 0 Å². The van der Waals surface area contributed by atoms with E-state index in [0.29, 0.717) is 33.8 Å². The number of hydrogen-bond acceptors (Lipinski definition) is 8. The van der Waals surface area contributed by atoms with Gasteiger partial charge in [0.25, 0.3) is 0 Å². The van der Waals surface area contributed by atoms with Crippen molar-refractivity contribution < 1.29 is 14.6 Å². The number of likely N-dealkylation sites (N-methyl/N-ethyl adjacent to an activating group) is 1. The Bertz CT molecular complexity index is 1640. The molecule has 1 saturated heterocycles. The molecule has 12 heteroatoms.